The molecule has 0 radical (unpaired) electrons. The third-order valence-electron chi connectivity index (χ3n) is 15.8. The van der Waals surface area contributed by atoms with Crippen molar-refractivity contribution in [3.05, 3.63) is 182 Å². The van der Waals surface area contributed by atoms with Gasteiger partial charge in [0.2, 0.25) is 11.9 Å². The number of fused-ring (bicyclic) bond motifs is 6. The van der Waals surface area contributed by atoms with Gasteiger partial charge in [-0.15, -0.1) is 12.4 Å². The summed E-state index contributed by atoms with van der Waals surface area (Å²) in [5.41, 5.74) is 8.42. The van der Waals surface area contributed by atoms with Crippen molar-refractivity contribution < 1.29 is 55.0 Å². The molecule has 0 saturated carbocycles. The highest BCUT2D eigenvalue weighted by molar-refractivity contribution is 6.31. The molecule has 2 saturated heterocycles. The molecular formula is C63H63Cl3F2N10O14. The minimum absolute atomic E-state index is 0. The van der Waals surface area contributed by atoms with Gasteiger partial charge in [-0.25, -0.2) is 42.7 Å². The summed E-state index contributed by atoms with van der Waals surface area (Å²) in [7, 11) is 3.18. The Hall–Kier alpha value is -9.24. The Morgan fingerprint density at radius 1 is 0.652 bits per heavy atom. The van der Waals surface area contributed by atoms with Gasteiger partial charge in [-0.1, -0.05) is 23.2 Å². The van der Waals surface area contributed by atoms with Crippen LogP contribution in [0.3, 0.4) is 0 Å². The number of pyridine rings is 2. The lowest BCUT2D eigenvalue weighted by Gasteiger charge is -2.34. The van der Waals surface area contributed by atoms with Crippen molar-refractivity contribution in [2.75, 3.05) is 36.0 Å². The molecule has 29 heteroatoms. The van der Waals surface area contributed by atoms with Gasteiger partial charge in [0.05, 0.1) is 35.2 Å². The van der Waals surface area contributed by atoms with Crippen LogP contribution in [0.2, 0.25) is 10.0 Å². The van der Waals surface area contributed by atoms with E-state index in [1.807, 2.05) is 9.80 Å². The van der Waals surface area contributed by atoms with Crippen LogP contribution >= 0.6 is 35.6 Å². The Morgan fingerprint density at radius 2 is 1.10 bits per heavy atom. The summed E-state index contributed by atoms with van der Waals surface area (Å²) < 4.78 is 70.4. The molecule has 2 aliphatic rings. The first-order chi connectivity index (χ1) is 43.3. The van der Waals surface area contributed by atoms with Gasteiger partial charge in [-0.05, 0) is 144 Å². The molecule has 2 fully saturated rings. The minimum Gasteiger partial charge on any atom is -0.454 e. The zero-order valence-corrected chi connectivity index (χ0v) is 53.2. The van der Waals surface area contributed by atoms with Crippen LogP contribution < -0.4 is 43.6 Å². The maximum absolute atomic E-state index is 14.4. The number of anilines is 2. The predicted octanol–water partition coefficient (Wildman–Crippen LogP) is 9.72. The van der Waals surface area contributed by atoms with Crippen LogP contribution in [0.4, 0.5) is 25.5 Å². The topological polar surface area (TPSA) is 290 Å². The number of hydrogen-bond acceptors (Lipinski definition) is 19. The van der Waals surface area contributed by atoms with E-state index < -0.39 is 52.5 Å². The number of halogens is 5. The zero-order chi connectivity index (χ0) is 64.9. The van der Waals surface area contributed by atoms with Crippen molar-refractivity contribution >= 4 is 109 Å². The van der Waals surface area contributed by atoms with Crippen molar-refractivity contribution in [3.8, 4) is 0 Å². The van der Waals surface area contributed by atoms with Crippen LogP contribution in [0.5, 0.6) is 0 Å². The van der Waals surface area contributed by atoms with Crippen molar-refractivity contribution in [1.82, 2.24) is 33.6 Å². The van der Waals surface area contributed by atoms with E-state index in [0.29, 0.717) is 104 Å². The minimum atomic E-state index is -0.897. The highest BCUT2D eigenvalue weighted by Gasteiger charge is 2.31. The van der Waals surface area contributed by atoms with Gasteiger partial charge in [-0.3, -0.25) is 9.59 Å². The van der Waals surface area contributed by atoms with E-state index in [1.54, 1.807) is 74.3 Å². The summed E-state index contributed by atoms with van der Waals surface area (Å²) in [4.78, 5) is 103. The highest BCUT2D eigenvalue weighted by atomic mass is 35.5. The standard InChI is InChI=1S/C34H35ClFN5O8.C29H27ClFN5O6.ClH/c1-18-26(48-33(45)47-18)17-46-30(43)19-8-10-23-25(14-19)39(5)29(42)28-27(23)38-31(41(28)15-20-13-21(36)9-11-24(20)35)40-12-6-7-22(16-40)37-32(44)49-34(2,3)4;1-15-23(42-29(39)41-15)14-40-27(38)16-5-7-20-22(11-16)34(2)26(37)25-24(20)33-28(35-9-3-4-19(32)13-35)36(25)12-17-10-18(31)6-8-21(17)30;/h8-11,13-14,22H,6-7,12,15-17H2,1-5H3,(H,37,44);5-8,10-11,19H,3-4,9,12-14,32H2,1-2H3;1H/t22-;19-;/m11./s1. The number of nitrogens with zero attached hydrogens (tertiary/aromatic N) is 8. The number of esters is 2. The van der Waals surface area contributed by atoms with Gasteiger partial charge < -0.3 is 71.0 Å². The predicted molar refractivity (Wildman–Crippen MR) is 339 cm³/mol. The monoisotopic (exact) mass is 1330 g/mol. The SMILES string of the molecule is Cc1oc(=O)oc1COC(=O)c1ccc2c3nc(N4CCC[C@@H](N)C4)n(Cc4cc(F)ccc4Cl)c3c(=O)n(C)c2c1.Cc1oc(=O)oc1COC(=O)c1ccc2c3nc(N4CCC[C@@H](NC(=O)OC(C)(C)C)C4)n(Cc4cc(F)ccc4Cl)c3c(=O)n(C)c2c1.Cl. The van der Waals surface area contributed by atoms with E-state index in [2.05, 4.69) is 5.32 Å². The Morgan fingerprint density at radius 3 is 1.52 bits per heavy atom. The molecule has 6 aromatic heterocycles. The number of piperidine rings is 2. The second-order valence-electron chi connectivity index (χ2n) is 23.4. The number of aromatic nitrogens is 6. The smallest absolute Gasteiger partial charge is 0.454 e. The molecule has 4 aromatic carbocycles. The second kappa shape index (κ2) is 26.5. The maximum Gasteiger partial charge on any atom is 0.519 e. The Kier molecular flexibility index (Phi) is 19.0. The molecule has 484 valence electrons. The largest absolute Gasteiger partial charge is 0.519 e. The highest BCUT2D eigenvalue weighted by Crippen LogP contribution is 2.34. The first-order valence-corrected chi connectivity index (χ1v) is 29.8. The van der Waals surface area contributed by atoms with E-state index in [9.17, 15) is 42.3 Å². The van der Waals surface area contributed by atoms with Crippen LogP contribution in [-0.4, -0.2) is 90.1 Å². The van der Waals surface area contributed by atoms with Crippen molar-refractivity contribution in [3.63, 3.8) is 0 Å². The molecule has 8 heterocycles. The first-order valence-electron chi connectivity index (χ1n) is 29.0. The summed E-state index contributed by atoms with van der Waals surface area (Å²) in [5.74, 6) is -2.49. The number of hydrogen-bond donors (Lipinski definition) is 2. The summed E-state index contributed by atoms with van der Waals surface area (Å²) in [6.07, 6.45) is 2.63. The average Bonchev–Trinajstić information content (AvgIpc) is 1.55. The quantitative estimate of drug-likeness (QED) is 0.0801. The molecule has 24 nitrogen and oxygen atoms in total. The molecule has 10 aromatic rings. The number of nitrogens with one attached hydrogen (secondary N) is 1. The summed E-state index contributed by atoms with van der Waals surface area (Å²) in [6.45, 7) is 10.2. The molecule has 2 aliphatic heterocycles. The van der Waals surface area contributed by atoms with Gasteiger partial charge in [0.25, 0.3) is 11.1 Å². The second-order valence-corrected chi connectivity index (χ2v) is 24.2. The normalized spacial score (nSPS) is 15.2. The number of aryl methyl sites for hydroxylation is 4. The van der Waals surface area contributed by atoms with Gasteiger partial charge in [0.1, 0.15) is 39.3 Å². The molecule has 0 aliphatic carbocycles. The van der Waals surface area contributed by atoms with Crippen molar-refractivity contribution in [2.45, 2.75) is 104 Å². The fourth-order valence-corrected chi connectivity index (χ4v) is 11.7. The number of nitrogens with two attached hydrogens (primary N) is 1. The van der Waals surface area contributed by atoms with Crippen LogP contribution in [0.1, 0.15) is 101 Å². The number of alkyl carbamates (subject to hydrolysis) is 1. The van der Waals surface area contributed by atoms with Crippen LogP contribution in [0, 0.1) is 25.5 Å². The van der Waals surface area contributed by atoms with E-state index in [1.165, 1.54) is 65.4 Å². The molecule has 0 unspecified atom stereocenters. The van der Waals surface area contributed by atoms with Gasteiger partial charge in [0.15, 0.2) is 36.3 Å². The number of ether oxygens (including phenoxy) is 3. The lowest BCUT2D eigenvalue weighted by atomic mass is 10.1. The van der Waals surface area contributed by atoms with Gasteiger partial charge >= 0.3 is 29.7 Å². The lowest BCUT2D eigenvalue weighted by Crippen LogP contribution is -2.49. The number of benzene rings is 4. The third kappa shape index (κ3) is 13.7. The van der Waals surface area contributed by atoms with E-state index >= 15 is 0 Å². The summed E-state index contributed by atoms with van der Waals surface area (Å²) in [6, 6.07) is 17.4. The molecular weight excluding hydrogens is 1270 g/mol. The van der Waals surface area contributed by atoms with E-state index in [-0.39, 0.29) is 96.0 Å². The number of carbonyl (C=O) groups excluding carboxylic acids is 3. The Labute approximate surface area is 537 Å². The van der Waals surface area contributed by atoms with Crippen LogP contribution in [0.25, 0.3) is 43.9 Å². The average molecular weight is 1330 g/mol. The molecule has 1 amide bonds. The lowest BCUT2D eigenvalue weighted by molar-refractivity contribution is 0.0435. The summed E-state index contributed by atoms with van der Waals surface area (Å²) in [5, 5.41) is 4.84. The molecule has 0 spiro atoms. The van der Waals surface area contributed by atoms with Crippen molar-refractivity contribution in [1.29, 1.82) is 0 Å². The summed E-state index contributed by atoms with van der Waals surface area (Å²) >= 11 is 12.9. The fraction of sp³-hybridized carbons (Fsp3) is 0.349. The first kappa shape index (κ1) is 65.7. The fourth-order valence-electron chi connectivity index (χ4n) is 11.3. The van der Waals surface area contributed by atoms with Crippen LogP contribution in [0.15, 0.2) is 110 Å². The molecule has 92 heavy (non-hydrogen) atoms. The maximum atomic E-state index is 14.4. The van der Waals surface area contributed by atoms with E-state index in [4.69, 9.17) is 70.8 Å². The number of rotatable bonds is 13. The number of amides is 1. The third-order valence-corrected chi connectivity index (χ3v) is 16.5. The van der Waals surface area contributed by atoms with E-state index in [0.717, 1.165) is 19.3 Å². The number of imidazole rings is 2. The Bertz CT molecular complexity index is 4790. The number of carbonyl (C=O) groups is 3. The van der Waals surface area contributed by atoms with Gasteiger partial charge in [-0.2, -0.15) is 0 Å². The molecule has 0 bridgehead atoms. The van der Waals surface area contributed by atoms with Gasteiger partial charge in [0, 0.05) is 73.2 Å². The zero-order valence-electron chi connectivity index (χ0n) is 50.9. The van der Waals surface area contributed by atoms with Crippen molar-refractivity contribution in [2.24, 2.45) is 19.8 Å². The molecule has 2 atom stereocenters. The molecule has 3 N–H and O–H groups in total. The Balaban J connectivity index is 0.000000202. The molecule has 12 rings (SSSR count). The van der Waals surface area contributed by atoms with Crippen LogP contribution in [-0.2, 0) is 54.6 Å².